The Morgan fingerprint density at radius 1 is 1.32 bits per heavy atom. The van der Waals surface area contributed by atoms with Crippen LogP contribution in [0.25, 0.3) is 0 Å². The summed E-state index contributed by atoms with van der Waals surface area (Å²) in [7, 11) is 1.65. The molecule has 0 spiro atoms. The summed E-state index contributed by atoms with van der Waals surface area (Å²) in [5.74, 6) is 0.991. The van der Waals surface area contributed by atoms with Gasteiger partial charge < -0.3 is 15.0 Å². The van der Waals surface area contributed by atoms with Crippen molar-refractivity contribution >= 4 is 11.6 Å². The van der Waals surface area contributed by atoms with Gasteiger partial charge in [-0.3, -0.25) is 4.79 Å². The van der Waals surface area contributed by atoms with Crippen LogP contribution in [0.1, 0.15) is 25.8 Å². The molecule has 0 saturated carbocycles. The average Bonchev–Trinajstić information content (AvgIpc) is 2.40. The Balaban J connectivity index is 2.53. The molecule has 4 nitrogen and oxygen atoms in total. The monoisotopic (exact) mass is 264 g/mol. The lowest BCUT2D eigenvalue weighted by molar-refractivity contribution is -0.130. The van der Waals surface area contributed by atoms with Crippen molar-refractivity contribution in [3.05, 3.63) is 23.8 Å². The number of aryl methyl sites for hydroxylation is 1. The fourth-order valence-electron chi connectivity index (χ4n) is 2.00. The third-order valence-electron chi connectivity index (χ3n) is 3.13. The van der Waals surface area contributed by atoms with Crippen molar-refractivity contribution in [2.75, 3.05) is 32.1 Å². The quantitative estimate of drug-likeness (QED) is 0.823. The smallest absolute Gasteiger partial charge is 0.224 e. The van der Waals surface area contributed by atoms with Gasteiger partial charge in [-0.05, 0) is 38.5 Å². The van der Waals surface area contributed by atoms with Crippen LogP contribution in [0.15, 0.2) is 18.2 Å². The van der Waals surface area contributed by atoms with Crippen molar-refractivity contribution in [1.29, 1.82) is 0 Å². The summed E-state index contributed by atoms with van der Waals surface area (Å²) >= 11 is 0. The number of benzene rings is 1. The molecule has 1 rings (SSSR count). The van der Waals surface area contributed by atoms with Gasteiger partial charge in [-0.1, -0.05) is 6.07 Å². The normalized spacial score (nSPS) is 10.1. The molecule has 19 heavy (non-hydrogen) atoms. The first-order valence-corrected chi connectivity index (χ1v) is 6.78. The number of amides is 1. The Bertz CT molecular complexity index is 415. The van der Waals surface area contributed by atoms with Gasteiger partial charge in [0, 0.05) is 26.1 Å². The molecule has 0 fully saturated rings. The van der Waals surface area contributed by atoms with Crippen molar-refractivity contribution in [3.8, 4) is 5.75 Å². The van der Waals surface area contributed by atoms with E-state index in [0.717, 1.165) is 24.5 Å². The van der Waals surface area contributed by atoms with Crippen LogP contribution in [0.4, 0.5) is 5.69 Å². The molecular weight excluding hydrogens is 240 g/mol. The van der Waals surface area contributed by atoms with Gasteiger partial charge in [0.25, 0.3) is 0 Å². The summed E-state index contributed by atoms with van der Waals surface area (Å²) in [6.45, 7) is 8.18. The van der Waals surface area contributed by atoms with Crippen LogP contribution in [0.3, 0.4) is 0 Å². The van der Waals surface area contributed by atoms with E-state index in [1.807, 2.05) is 43.9 Å². The predicted octanol–water partition coefficient (Wildman–Crippen LogP) is 2.67. The first-order valence-electron chi connectivity index (χ1n) is 6.78. The first kappa shape index (κ1) is 15.3. The van der Waals surface area contributed by atoms with E-state index in [9.17, 15) is 4.79 Å². The maximum Gasteiger partial charge on any atom is 0.224 e. The van der Waals surface area contributed by atoms with E-state index in [-0.39, 0.29) is 5.91 Å². The highest BCUT2D eigenvalue weighted by atomic mass is 16.5. The highest BCUT2D eigenvalue weighted by Crippen LogP contribution is 2.24. The van der Waals surface area contributed by atoms with Gasteiger partial charge in [-0.2, -0.15) is 0 Å². The largest absolute Gasteiger partial charge is 0.495 e. The molecule has 106 valence electrons. The molecule has 0 unspecified atom stereocenters. The molecule has 0 bridgehead atoms. The van der Waals surface area contributed by atoms with Crippen LogP contribution in [-0.4, -0.2) is 37.6 Å². The minimum atomic E-state index is 0.184. The van der Waals surface area contributed by atoms with Crippen molar-refractivity contribution in [2.24, 2.45) is 0 Å². The Morgan fingerprint density at radius 3 is 2.58 bits per heavy atom. The number of anilines is 1. The van der Waals surface area contributed by atoms with Gasteiger partial charge in [0.15, 0.2) is 0 Å². The molecule has 1 aromatic carbocycles. The number of methoxy groups -OCH3 is 1. The van der Waals surface area contributed by atoms with Crippen molar-refractivity contribution < 1.29 is 9.53 Å². The molecule has 1 aromatic rings. The van der Waals surface area contributed by atoms with Crippen LogP contribution in [0, 0.1) is 6.92 Å². The Hall–Kier alpha value is -1.71. The number of hydrogen-bond acceptors (Lipinski definition) is 3. The third-order valence-corrected chi connectivity index (χ3v) is 3.13. The van der Waals surface area contributed by atoms with Crippen LogP contribution < -0.4 is 10.1 Å². The average molecular weight is 264 g/mol. The minimum absolute atomic E-state index is 0.184. The molecule has 1 amide bonds. The van der Waals surface area contributed by atoms with Crippen LogP contribution in [-0.2, 0) is 4.79 Å². The number of nitrogens with zero attached hydrogens (tertiary/aromatic N) is 1. The maximum atomic E-state index is 11.9. The predicted molar refractivity (Wildman–Crippen MR) is 78.8 cm³/mol. The molecule has 1 N–H and O–H groups in total. The summed E-state index contributed by atoms with van der Waals surface area (Å²) in [6, 6.07) is 5.97. The van der Waals surface area contributed by atoms with E-state index in [1.165, 1.54) is 5.56 Å². The van der Waals surface area contributed by atoms with Gasteiger partial charge in [0.1, 0.15) is 5.75 Å². The van der Waals surface area contributed by atoms with Gasteiger partial charge in [0.05, 0.1) is 12.8 Å². The summed E-state index contributed by atoms with van der Waals surface area (Å²) in [5, 5.41) is 3.27. The summed E-state index contributed by atoms with van der Waals surface area (Å²) in [6.07, 6.45) is 0.499. The van der Waals surface area contributed by atoms with Crippen LogP contribution in [0.5, 0.6) is 5.75 Å². The molecule has 0 aliphatic rings. The zero-order chi connectivity index (χ0) is 14.3. The van der Waals surface area contributed by atoms with E-state index in [0.29, 0.717) is 13.0 Å². The zero-order valence-corrected chi connectivity index (χ0v) is 12.3. The lowest BCUT2D eigenvalue weighted by Crippen LogP contribution is -2.31. The molecule has 0 atom stereocenters. The second-order valence-electron chi connectivity index (χ2n) is 4.45. The van der Waals surface area contributed by atoms with Crippen LogP contribution >= 0.6 is 0 Å². The number of rotatable bonds is 7. The molecule has 0 radical (unpaired) electrons. The molecule has 0 aromatic heterocycles. The van der Waals surface area contributed by atoms with Gasteiger partial charge >= 0.3 is 0 Å². The molecular formula is C15H24N2O2. The Kier molecular flexibility index (Phi) is 6.19. The fourth-order valence-corrected chi connectivity index (χ4v) is 2.00. The SMILES string of the molecule is CCN(CC)C(=O)CCNc1cc(C)ccc1OC. The van der Waals surface area contributed by atoms with E-state index < -0.39 is 0 Å². The highest BCUT2D eigenvalue weighted by Gasteiger charge is 2.09. The third kappa shape index (κ3) is 4.47. The van der Waals surface area contributed by atoms with E-state index in [4.69, 9.17) is 4.74 Å². The molecule has 0 aliphatic heterocycles. The van der Waals surface area contributed by atoms with E-state index >= 15 is 0 Å². The number of hydrogen-bond donors (Lipinski definition) is 1. The lowest BCUT2D eigenvalue weighted by Gasteiger charge is -2.19. The van der Waals surface area contributed by atoms with Gasteiger partial charge in [-0.25, -0.2) is 0 Å². The summed E-state index contributed by atoms with van der Waals surface area (Å²) in [5.41, 5.74) is 2.10. The number of nitrogens with one attached hydrogen (secondary N) is 1. The fraction of sp³-hybridized carbons (Fsp3) is 0.533. The lowest BCUT2D eigenvalue weighted by atomic mass is 10.2. The van der Waals surface area contributed by atoms with E-state index in [2.05, 4.69) is 5.32 Å². The topological polar surface area (TPSA) is 41.6 Å². The minimum Gasteiger partial charge on any atom is -0.495 e. The Labute approximate surface area is 115 Å². The second kappa shape index (κ2) is 7.67. The van der Waals surface area contributed by atoms with E-state index in [1.54, 1.807) is 7.11 Å². The highest BCUT2D eigenvalue weighted by molar-refractivity contribution is 5.76. The van der Waals surface area contributed by atoms with Crippen molar-refractivity contribution in [2.45, 2.75) is 27.2 Å². The van der Waals surface area contributed by atoms with Gasteiger partial charge in [0.2, 0.25) is 5.91 Å². The zero-order valence-electron chi connectivity index (χ0n) is 12.3. The number of ether oxygens (including phenoxy) is 1. The first-order chi connectivity index (χ1) is 9.12. The second-order valence-corrected chi connectivity index (χ2v) is 4.45. The van der Waals surface area contributed by atoms with Crippen LogP contribution in [0.2, 0.25) is 0 Å². The summed E-state index contributed by atoms with van der Waals surface area (Å²) < 4.78 is 5.29. The molecule has 0 heterocycles. The standard InChI is InChI=1S/C15H24N2O2/c1-5-17(6-2)15(18)9-10-16-13-11-12(3)7-8-14(13)19-4/h7-8,11,16H,5-6,9-10H2,1-4H3. The maximum absolute atomic E-state index is 11.9. The van der Waals surface area contributed by atoms with Gasteiger partial charge in [-0.15, -0.1) is 0 Å². The number of carbonyl (C=O) groups excluding carboxylic acids is 1. The number of carbonyl (C=O) groups is 1. The molecule has 4 heteroatoms. The molecule has 0 aliphatic carbocycles. The molecule has 0 saturated heterocycles. The Morgan fingerprint density at radius 2 is 2.00 bits per heavy atom. The van der Waals surface area contributed by atoms with Crippen molar-refractivity contribution in [1.82, 2.24) is 4.90 Å². The van der Waals surface area contributed by atoms with Crippen molar-refractivity contribution in [3.63, 3.8) is 0 Å². The summed E-state index contributed by atoms with van der Waals surface area (Å²) in [4.78, 5) is 13.7.